The maximum atomic E-state index is 13.3. The van der Waals surface area contributed by atoms with Crippen molar-refractivity contribution in [2.75, 3.05) is 0 Å². The van der Waals surface area contributed by atoms with Gasteiger partial charge in [-0.05, 0) is 110 Å². The summed E-state index contributed by atoms with van der Waals surface area (Å²) in [6, 6.07) is 0.400. The van der Waals surface area contributed by atoms with Gasteiger partial charge in [0.05, 0.1) is 12.1 Å². The molecule has 0 unspecified atom stereocenters. The molecule has 6 fully saturated rings. The smallest absolute Gasteiger partial charge is 0.246 e. The monoisotopic (exact) mass is 379 g/mol. The summed E-state index contributed by atoms with van der Waals surface area (Å²) in [5, 5.41) is 0. The van der Waals surface area contributed by atoms with Gasteiger partial charge in [-0.25, -0.2) is 23.5 Å². The van der Waals surface area contributed by atoms with Gasteiger partial charge < -0.3 is 0 Å². The number of hydrogen-bond donors (Lipinski definition) is 0. The van der Waals surface area contributed by atoms with Crippen LogP contribution in [-0.4, -0.2) is 13.9 Å². The molecule has 0 saturated heterocycles. The summed E-state index contributed by atoms with van der Waals surface area (Å²) in [5.41, 5.74) is 3.27. The van der Waals surface area contributed by atoms with Crippen molar-refractivity contribution in [3.05, 3.63) is 32.1 Å². The van der Waals surface area contributed by atoms with Crippen LogP contribution in [0.4, 0.5) is 0 Å². The third kappa shape index (κ3) is 1.39. The molecule has 1 aromatic heterocycles. The number of hydrogen-bond acceptors (Lipinski definition) is 2. The van der Waals surface area contributed by atoms with Crippen LogP contribution in [0.25, 0.3) is 0 Å². The minimum Gasteiger partial charge on any atom is -0.246 e. The van der Waals surface area contributed by atoms with Crippen LogP contribution in [0.15, 0.2) is 20.7 Å². The molecular formula is C23H29N3O2. The van der Waals surface area contributed by atoms with Crippen LogP contribution in [0, 0.1) is 47.3 Å². The highest BCUT2D eigenvalue weighted by Crippen LogP contribution is 2.71. The average molecular weight is 380 g/mol. The van der Waals surface area contributed by atoms with Crippen molar-refractivity contribution in [3.63, 3.8) is 0 Å². The van der Waals surface area contributed by atoms with E-state index in [2.05, 4.69) is 0 Å². The summed E-state index contributed by atoms with van der Waals surface area (Å²) in [6.07, 6.45) is 10.7. The summed E-state index contributed by atoms with van der Waals surface area (Å²) < 4.78 is 5.39. The fourth-order valence-electron chi connectivity index (χ4n) is 10.2. The number of allylic oxidation sites excluding steroid dienone is 2. The number of nitrogens with zero attached hydrogens (tertiary/aromatic N) is 3. The lowest BCUT2D eigenvalue weighted by Gasteiger charge is -2.36. The standard InChI is InChI=1S/C23H29N3O2/c1-24-22(27)25-20-14-8-4-10-2-6-12(16(10)14)18(20)19-13-7-3-11-5-9-15(17(11)13)21(19)26(25)23(24)28/h10-17,20-21H,2-9H2,1H3/t10-,11+,12-,13-,14+,15+,16+,17+,20+,21+/m1/s1. The molecule has 28 heavy (non-hydrogen) atoms. The predicted octanol–water partition coefficient (Wildman–Crippen LogP) is 2.87. The van der Waals surface area contributed by atoms with Gasteiger partial charge >= 0.3 is 11.4 Å². The molecule has 1 aromatic rings. The van der Waals surface area contributed by atoms with E-state index in [-0.39, 0.29) is 23.5 Å². The van der Waals surface area contributed by atoms with E-state index in [0.29, 0.717) is 23.7 Å². The lowest BCUT2D eigenvalue weighted by Crippen LogP contribution is -2.41. The Balaban J connectivity index is 1.47. The van der Waals surface area contributed by atoms with Crippen molar-refractivity contribution in [1.29, 1.82) is 0 Å². The Morgan fingerprint density at radius 2 is 1.07 bits per heavy atom. The third-order valence-corrected chi connectivity index (χ3v) is 10.8. The minimum absolute atomic E-state index is 0.0541. The average Bonchev–Trinajstić information content (AvgIpc) is 3.46. The molecule has 10 atom stereocenters. The molecular weight excluding hydrogens is 350 g/mol. The van der Waals surface area contributed by atoms with Crippen molar-refractivity contribution in [2.24, 2.45) is 54.4 Å². The predicted molar refractivity (Wildman–Crippen MR) is 104 cm³/mol. The molecule has 5 heteroatoms. The van der Waals surface area contributed by atoms with Gasteiger partial charge in [-0.1, -0.05) is 0 Å². The Hall–Kier alpha value is -1.52. The summed E-state index contributed by atoms with van der Waals surface area (Å²) >= 11 is 0. The largest absolute Gasteiger partial charge is 0.347 e. The van der Waals surface area contributed by atoms with Crippen LogP contribution in [0.3, 0.4) is 0 Å². The first-order valence-corrected chi connectivity index (χ1v) is 11.8. The molecule has 0 spiro atoms. The maximum absolute atomic E-state index is 13.3. The van der Waals surface area contributed by atoms with Crippen molar-refractivity contribution in [2.45, 2.75) is 63.5 Å². The lowest BCUT2D eigenvalue weighted by molar-refractivity contribution is 0.225. The Labute approximate surface area is 164 Å². The zero-order chi connectivity index (χ0) is 18.5. The van der Waals surface area contributed by atoms with Crippen LogP contribution >= 0.6 is 0 Å². The van der Waals surface area contributed by atoms with E-state index >= 15 is 0 Å². The highest BCUT2D eigenvalue weighted by molar-refractivity contribution is 5.41. The summed E-state index contributed by atoms with van der Waals surface area (Å²) in [7, 11) is 1.70. The van der Waals surface area contributed by atoms with E-state index in [1.165, 1.54) is 55.9 Å². The van der Waals surface area contributed by atoms with Gasteiger partial charge in [0.1, 0.15) is 0 Å². The first kappa shape index (κ1) is 15.3. The Morgan fingerprint density at radius 1 is 0.643 bits per heavy atom. The topological polar surface area (TPSA) is 48.9 Å². The molecule has 0 bridgehead atoms. The van der Waals surface area contributed by atoms with Crippen molar-refractivity contribution < 1.29 is 0 Å². The maximum Gasteiger partial charge on any atom is 0.347 e. The van der Waals surface area contributed by atoms with E-state index in [9.17, 15) is 9.59 Å². The Morgan fingerprint density at radius 3 is 1.54 bits per heavy atom. The van der Waals surface area contributed by atoms with Crippen molar-refractivity contribution in [3.8, 4) is 0 Å². The quantitative estimate of drug-likeness (QED) is 0.651. The van der Waals surface area contributed by atoms with E-state index in [1.807, 2.05) is 9.36 Å². The van der Waals surface area contributed by atoms with Gasteiger partial charge in [0.25, 0.3) is 0 Å². The lowest BCUT2D eigenvalue weighted by atomic mass is 9.83. The normalized spacial score (nSPS) is 51.5. The minimum atomic E-state index is -0.0541. The SMILES string of the molecule is Cn1c(=O)n2n(c1=O)[C@@H]1C(=C3[C@@H]2[C@H]2CC[C@@H]4CC[C@@H]3[C@H]42)[C@@H]2CC[C@@H]3CC[C@H]1[C@@H]32. The zero-order valence-corrected chi connectivity index (χ0v) is 16.6. The van der Waals surface area contributed by atoms with Gasteiger partial charge in [0, 0.05) is 7.05 Å². The summed E-state index contributed by atoms with van der Waals surface area (Å²) in [4.78, 5) is 26.6. The molecule has 6 aliphatic carbocycles. The second kappa shape index (κ2) is 4.62. The van der Waals surface area contributed by atoms with Gasteiger partial charge in [0.15, 0.2) is 0 Å². The molecule has 6 saturated carbocycles. The van der Waals surface area contributed by atoms with Crippen LogP contribution in [-0.2, 0) is 7.05 Å². The molecule has 0 N–H and O–H groups in total. The van der Waals surface area contributed by atoms with Crippen molar-refractivity contribution in [1.82, 2.24) is 13.9 Å². The first-order valence-electron chi connectivity index (χ1n) is 11.8. The van der Waals surface area contributed by atoms with Gasteiger partial charge in [-0.2, -0.15) is 0 Å². The Bertz CT molecular complexity index is 991. The fraction of sp³-hybridized carbons (Fsp3) is 0.826. The molecule has 7 aliphatic rings. The van der Waals surface area contributed by atoms with Crippen LogP contribution in [0.2, 0.25) is 0 Å². The summed E-state index contributed by atoms with van der Waals surface area (Å²) in [6.45, 7) is 0. The number of aromatic nitrogens is 3. The molecule has 148 valence electrons. The molecule has 1 aliphatic heterocycles. The molecule has 2 heterocycles. The first-order chi connectivity index (χ1) is 13.7. The zero-order valence-electron chi connectivity index (χ0n) is 16.6. The number of fused-ring (bicyclic) bond motifs is 9. The van der Waals surface area contributed by atoms with Crippen LogP contribution in [0.1, 0.15) is 63.5 Å². The van der Waals surface area contributed by atoms with E-state index in [4.69, 9.17) is 0 Å². The molecule has 5 nitrogen and oxygen atoms in total. The molecule has 0 amide bonds. The van der Waals surface area contributed by atoms with E-state index < -0.39 is 0 Å². The van der Waals surface area contributed by atoms with E-state index in [0.717, 1.165) is 23.7 Å². The molecule has 0 aromatic carbocycles. The molecule has 8 rings (SSSR count). The highest BCUT2D eigenvalue weighted by Gasteiger charge is 2.65. The van der Waals surface area contributed by atoms with Crippen molar-refractivity contribution >= 4 is 0 Å². The van der Waals surface area contributed by atoms with E-state index in [1.54, 1.807) is 18.2 Å². The Kier molecular flexibility index (Phi) is 2.53. The van der Waals surface area contributed by atoms with Gasteiger partial charge in [-0.3, -0.25) is 0 Å². The van der Waals surface area contributed by atoms with Crippen LogP contribution in [0.5, 0.6) is 0 Å². The summed E-state index contributed by atoms with van der Waals surface area (Å²) in [5.74, 6) is 5.98. The second-order valence-corrected chi connectivity index (χ2v) is 11.1. The van der Waals surface area contributed by atoms with Crippen LogP contribution < -0.4 is 11.4 Å². The molecule has 0 radical (unpaired) electrons. The second-order valence-electron chi connectivity index (χ2n) is 11.1. The number of rotatable bonds is 0. The van der Waals surface area contributed by atoms with Gasteiger partial charge in [-0.15, -0.1) is 0 Å². The fourth-order valence-corrected chi connectivity index (χ4v) is 10.2. The van der Waals surface area contributed by atoms with Gasteiger partial charge in [0.2, 0.25) is 0 Å². The highest BCUT2D eigenvalue weighted by atomic mass is 16.2. The third-order valence-electron chi connectivity index (χ3n) is 10.8.